The summed E-state index contributed by atoms with van der Waals surface area (Å²) in [6.45, 7) is 3.47. The van der Waals surface area contributed by atoms with E-state index in [2.05, 4.69) is 20.3 Å². The quantitative estimate of drug-likeness (QED) is 0.0955. The average molecular weight is 714 g/mol. The van der Waals surface area contributed by atoms with E-state index < -0.39 is 56.4 Å². The van der Waals surface area contributed by atoms with Gasteiger partial charge in [0.2, 0.25) is 21.8 Å². The lowest BCUT2D eigenvalue weighted by molar-refractivity contribution is -0.384. The second-order valence-electron chi connectivity index (χ2n) is 12.2. The number of non-ortho nitro benzene ring substituents is 1. The molecule has 1 aromatic heterocycles. The summed E-state index contributed by atoms with van der Waals surface area (Å²) in [6, 6.07) is 10.6. The molecule has 15 nitrogen and oxygen atoms in total. The van der Waals surface area contributed by atoms with Gasteiger partial charge in [-0.25, -0.2) is 18.2 Å². The van der Waals surface area contributed by atoms with Crippen LogP contribution in [0.4, 0.5) is 5.69 Å². The van der Waals surface area contributed by atoms with E-state index in [0.29, 0.717) is 18.5 Å². The molecule has 3 N–H and O–H groups in total. The third-order valence-electron chi connectivity index (χ3n) is 8.20. The molecule has 0 radical (unpaired) electrons. The maximum Gasteiger partial charge on any atom is 0.328 e. The van der Waals surface area contributed by atoms with Crippen molar-refractivity contribution in [2.24, 2.45) is 7.05 Å². The fraction of sp³-hybridized carbons (Fsp3) is 0.406. The second-order valence-corrected chi connectivity index (χ2v) is 14.3. The number of likely N-dealkylation sites (tertiary alicyclic amines) is 1. The Kier molecular flexibility index (Phi) is 11.8. The lowest BCUT2D eigenvalue weighted by atomic mass is 10.0. The number of thiocarbonyl (C=S) groups is 1. The molecule has 262 valence electrons. The fourth-order valence-corrected chi connectivity index (χ4v) is 7.14. The molecule has 1 fully saturated rings. The Balaban J connectivity index is 1.51. The molecule has 0 aliphatic carbocycles. The van der Waals surface area contributed by atoms with E-state index in [4.69, 9.17) is 17.0 Å². The molecule has 17 heteroatoms. The van der Waals surface area contributed by atoms with E-state index in [1.165, 1.54) is 24.5 Å². The summed E-state index contributed by atoms with van der Waals surface area (Å²) < 4.78 is 35.9. The van der Waals surface area contributed by atoms with Crippen molar-refractivity contribution in [2.75, 3.05) is 13.7 Å². The molecule has 3 aromatic rings. The van der Waals surface area contributed by atoms with E-state index in [9.17, 15) is 32.9 Å². The Bertz CT molecular complexity index is 1800. The van der Waals surface area contributed by atoms with E-state index in [-0.39, 0.29) is 35.0 Å². The highest BCUT2D eigenvalue weighted by atomic mass is 32.2. The van der Waals surface area contributed by atoms with E-state index in [1.807, 2.05) is 30.3 Å². The monoisotopic (exact) mass is 713 g/mol. The van der Waals surface area contributed by atoms with Crippen LogP contribution in [0, 0.1) is 10.1 Å². The van der Waals surface area contributed by atoms with E-state index in [1.54, 1.807) is 25.5 Å². The molecule has 2 heterocycles. The first-order chi connectivity index (χ1) is 23.1. The molecular formula is C32H39N7O8S2. The number of nitrogens with zero attached hydrogens (tertiary/aromatic N) is 4. The largest absolute Gasteiger partial charge is 0.467 e. The first-order valence-electron chi connectivity index (χ1n) is 15.4. The number of nitro benzene ring substituents is 1. The van der Waals surface area contributed by atoms with Gasteiger partial charge in [0.15, 0.2) is 0 Å². The van der Waals surface area contributed by atoms with Gasteiger partial charge in [-0.1, -0.05) is 42.5 Å². The topological polar surface area (TPSA) is 195 Å². The number of hydrogen-bond acceptors (Lipinski definition) is 10. The van der Waals surface area contributed by atoms with Gasteiger partial charge in [-0.15, -0.1) is 0 Å². The summed E-state index contributed by atoms with van der Waals surface area (Å²) >= 11 is 5.73. The number of nitro groups is 1. The number of rotatable bonds is 14. The zero-order valence-electron chi connectivity index (χ0n) is 27.5. The minimum atomic E-state index is -4.30. The van der Waals surface area contributed by atoms with Crippen molar-refractivity contribution in [3.05, 3.63) is 88.5 Å². The molecule has 0 saturated carbocycles. The lowest BCUT2D eigenvalue weighted by Crippen LogP contribution is -2.61. The van der Waals surface area contributed by atoms with Crippen molar-refractivity contribution in [2.45, 2.75) is 68.1 Å². The third kappa shape index (κ3) is 9.24. The Morgan fingerprint density at radius 1 is 1.10 bits per heavy atom. The van der Waals surface area contributed by atoms with Gasteiger partial charge < -0.3 is 24.8 Å². The first kappa shape index (κ1) is 37.1. The number of carbonyl (C=O) groups is 3. The zero-order chi connectivity index (χ0) is 35.9. The van der Waals surface area contributed by atoms with Crippen molar-refractivity contribution < 1.29 is 32.5 Å². The summed E-state index contributed by atoms with van der Waals surface area (Å²) in [7, 11) is -1.35. The molecule has 0 spiro atoms. The molecule has 1 aliphatic rings. The van der Waals surface area contributed by atoms with E-state index in [0.717, 1.165) is 29.8 Å². The summed E-state index contributed by atoms with van der Waals surface area (Å²) in [4.78, 5) is 56.1. The number of aromatic nitrogens is 2. The van der Waals surface area contributed by atoms with Gasteiger partial charge in [-0.2, -0.15) is 4.72 Å². The normalized spacial score (nSPS) is 16.0. The molecule has 2 aromatic carbocycles. The number of imidazole rings is 1. The van der Waals surface area contributed by atoms with E-state index >= 15 is 0 Å². The number of aryl methyl sites for hydroxylation is 1. The molecule has 4 rings (SSSR count). The number of carbonyl (C=O) groups excluding carboxylic acids is 3. The number of amides is 2. The van der Waals surface area contributed by atoms with Crippen LogP contribution in [0.15, 0.2) is 72.0 Å². The van der Waals surface area contributed by atoms with Crippen LogP contribution < -0.4 is 15.4 Å². The summed E-state index contributed by atoms with van der Waals surface area (Å²) in [5.41, 5.74) is -0.196. The highest BCUT2D eigenvalue weighted by molar-refractivity contribution is 7.89. The van der Waals surface area contributed by atoms with Gasteiger partial charge in [-0.3, -0.25) is 19.7 Å². The molecule has 1 saturated heterocycles. The van der Waals surface area contributed by atoms with Crippen molar-refractivity contribution >= 4 is 50.7 Å². The maximum atomic E-state index is 14.1. The van der Waals surface area contributed by atoms with Gasteiger partial charge in [-0.05, 0) is 44.4 Å². The summed E-state index contributed by atoms with van der Waals surface area (Å²) in [6.07, 6.45) is 4.24. The van der Waals surface area contributed by atoms with Crippen LogP contribution in [0.2, 0.25) is 0 Å². The highest BCUT2D eigenvalue weighted by Crippen LogP contribution is 2.23. The SMILES string of the molecule is COC(=O)[C@H](Cc1ccccc1)NC(=O)C(C)(C)NC(=S)[C@H]1CCCN1C(=O)[C@H](Cc1cncn1C)NS(=O)(=O)c1ccc([N+](=O)[O-])cc1. The maximum absolute atomic E-state index is 14.1. The van der Waals surface area contributed by atoms with Crippen LogP contribution in [0.25, 0.3) is 0 Å². The number of hydrogen-bond donors (Lipinski definition) is 3. The van der Waals surface area contributed by atoms with Gasteiger partial charge in [0.25, 0.3) is 5.69 Å². The number of nitrogens with one attached hydrogen (secondary N) is 3. The van der Waals surface area contributed by atoms with Crippen molar-refractivity contribution in [3.63, 3.8) is 0 Å². The molecule has 2 amide bonds. The Morgan fingerprint density at radius 3 is 2.37 bits per heavy atom. The summed E-state index contributed by atoms with van der Waals surface area (Å²) in [5.74, 6) is -1.69. The third-order valence-corrected chi connectivity index (χ3v) is 10.1. The molecule has 0 bridgehead atoms. The number of sulfonamides is 1. The van der Waals surface area contributed by atoms with Gasteiger partial charge in [0, 0.05) is 50.5 Å². The zero-order valence-corrected chi connectivity index (χ0v) is 29.1. The average Bonchev–Trinajstić information content (AvgIpc) is 3.73. The second kappa shape index (κ2) is 15.7. The van der Waals surface area contributed by atoms with Crippen LogP contribution >= 0.6 is 12.2 Å². The van der Waals surface area contributed by atoms with Crippen molar-refractivity contribution in [1.29, 1.82) is 0 Å². The predicted molar refractivity (Wildman–Crippen MR) is 183 cm³/mol. The predicted octanol–water partition coefficient (Wildman–Crippen LogP) is 1.81. The molecule has 3 atom stereocenters. The van der Waals surface area contributed by atoms with Crippen molar-refractivity contribution in [1.82, 2.24) is 29.8 Å². The molecular weight excluding hydrogens is 675 g/mol. The van der Waals surface area contributed by atoms with Crippen LogP contribution in [0.3, 0.4) is 0 Å². The van der Waals surface area contributed by atoms with Crippen LogP contribution in [0.5, 0.6) is 0 Å². The Morgan fingerprint density at radius 2 is 1.78 bits per heavy atom. The summed E-state index contributed by atoms with van der Waals surface area (Å²) in [5, 5.41) is 16.9. The van der Waals surface area contributed by atoms with Gasteiger partial charge >= 0.3 is 5.97 Å². The van der Waals surface area contributed by atoms with Gasteiger partial charge in [0.05, 0.1) is 34.3 Å². The van der Waals surface area contributed by atoms with Crippen LogP contribution in [-0.2, 0) is 49.0 Å². The Hall–Kier alpha value is -4.74. The minimum absolute atomic E-state index is 0.0464. The number of esters is 1. The molecule has 1 aliphatic heterocycles. The number of benzene rings is 2. The van der Waals surface area contributed by atoms with Gasteiger partial charge in [0.1, 0.15) is 17.6 Å². The number of methoxy groups -OCH3 is 1. The van der Waals surface area contributed by atoms with Crippen molar-refractivity contribution in [3.8, 4) is 0 Å². The minimum Gasteiger partial charge on any atom is -0.467 e. The Labute approximate surface area is 289 Å². The molecule has 49 heavy (non-hydrogen) atoms. The highest BCUT2D eigenvalue weighted by Gasteiger charge is 2.40. The molecule has 0 unspecified atom stereocenters. The first-order valence-corrected chi connectivity index (χ1v) is 17.3. The van der Waals surface area contributed by atoms with Crippen LogP contribution in [0.1, 0.15) is 37.9 Å². The fourth-order valence-electron chi connectivity index (χ4n) is 5.45. The lowest BCUT2D eigenvalue weighted by Gasteiger charge is -2.34. The van der Waals surface area contributed by atoms with Crippen LogP contribution in [-0.4, -0.2) is 87.9 Å². The number of ether oxygens (including phenoxy) is 1. The smallest absolute Gasteiger partial charge is 0.328 e. The standard InChI is InChI=1S/C32H39N7O8S2/c1-32(2,31(42)34-26(30(41)47-4)17-21-9-6-5-7-10-21)35-28(48)27-11-8-16-38(27)29(40)25(18-23-19-33-20-37(23)3)36-49(45,46)24-14-12-22(13-15-24)39(43)44/h5-7,9-10,12-15,19-20,25-27,36H,8,11,16-18H2,1-4H3,(H,34,42)(H,35,48)/t25-,26-,27+/m0/s1.